The zero-order chi connectivity index (χ0) is 87.3. The number of nitrogens with zero attached hydrogens (tertiary/aromatic N) is 16. The van der Waals surface area contributed by atoms with Gasteiger partial charge in [-0.15, -0.1) is 0 Å². The van der Waals surface area contributed by atoms with Crippen LogP contribution in [0.5, 0.6) is 0 Å². The third-order valence-corrected chi connectivity index (χ3v) is 25.3. The molecule has 5 unspecified atom stereocenters. The normalized spacial score (nSPS) is 29.3. The van der Waals surface area contributed by atoms with Gasteiger partial charge in [-0.25, -0.2) is 62.3 Å². The van der Waals surface area contributed by atoms with Gasteiger partial charge in [-0.05, 0) is 13.0 Å². The number of aliphatic hydroxyl groups excluding tert-OH is 2. The molecule has 59 nitrogen and oxygen atoms in total. The molecule has 0 saturated carbocycles. The molecule has 16 heterocycles. The highest BCUT2D eigenvalue weighted by atomic mass is 31.2. The molecule has 0 aromatic carbocycles. The van der Waals surface area contributed by atoms with E-state index in [1.807, 2.05) is 0 Å². The SMILES string of the molecule is Cc1cn([C@H]2C[C@H](OP(=O)(O)OC[C@H]3O[C@@H](n4cnc5c(=O)[nH]c(N)nc54)C[C@@H]3OP(=O)(O)OC[C@H]3O[C@@H](n4cnc5c(=O)[nH]c(N)nc54)C[C@@H]3OP(=O)(O)OC[C@H]3O[C@@H](n4cnc5c(=O)[nH]c(N)nc54)C[C@@H]3OP(=O)(O)OC[C@H]3O[C@@H](n4ccc(N)nc4=O)C[C@@H]3OP(=O)(O)OC[C@H]3O[C@@H](n4cnc5c(N)ncnc54)C[C@@H]3O)[C@@H](CO)O2)c(=O)[nH]c1=O. The molecule has 0 radical (unpaired) electrons. The Morgan fingerprint density at radius 3 is 1.14 bits per heavy atom. The van der Waals surface area contributed by atoms with Crippen LogP contribution in [0.4, 0.5) is 29.5 Å². The van der Waals surface area contributed by atoms with E-state index in [0.29, 0.717) is 0 Å². The number of rotatable bonds is 32. The molecular weight excluding hydrogens is 1760 g/mol. The smallest absolute Gasteiger partial charge is 0.394 e. The summed E-state index contributed by atoms with van der Waals surface area (Å²) in [6, 6.07) is 1.22. The third kappa shape index (κ3) is 18.7. The molecule has 6 aliphatic rings. The lowest BCUT2D eigenvalue weighted by Crippen LogP contribution is -2.33. The molecule has 6 aliphatic heterocycles. The van der Waals surface area contributed by atoms with Gasteiger partial charge in [0.15, 0.2) is 45.0 Å². The Labute approximate surface area is 681 Å². The van der Waals surface area contributed by atoms with Crippen molar-refractivity contribution < 1.29 is 131 Å². The van der Waals surface area contributed by atoms with E-state index in [4.69, 9.17) is 102 Å². The van der Waals surface area contributed by atoms with Crippen LogP contribution in [0.1, 0.15) is 81.5 Å². The molecule has 64 heteroatoms. The van der Waals surface area contributed by atoms with Crippen molar-refractivity contribution in [2.75, 3.05) is 68.3 Å². The van der Waals surface area contributed by atoms with Crippen molar-refractivity contribution in [3.63, 3.8) is 0 Å². The number of aromatic amines is 4. The molecular formula is C59H74N25O34P5. The van der Waals surface area contributed by atoms with E-state index < -0.39 is 261 Å². The number of nitrogens with one attached hydrogen (secondary N) is 4. The number of ether oxygens (including phenoxy) is 6. The molecule has 6 fully saturated rings. The van der Waals surface area contributed by atoms with Crippen molar-refractivity contribution in [3.8, 4) is 0 Å². The fourth-order valence-electron chi connectivity index (χ4n) is 14.5. The van der Waals surface area contributed by atoms with E-state index in [2.05, 4.69) is 69.8 Å². The Bertz CT molecular complexity index is 6340. The van der Waals surface area contributed by atoms with Gasteiger partial charge in [-0.3, -0.25) is 112 Å². The van der Waals surface area contributed by atoms with Crippen molar-refractivity contribution in [2.45, 2.75) is 156 Å². The van der Waals surface area contributed by atoms with Crippen molar-refractivity contribution in [3.05, 3.63) is 118 Å². The van der Waals surface area contributed by atoms with Crippen LogP contribution in [-0.2, 0) is 96.5 Å². The summed E-state index contributed by atoms with van der Waals surface area (Å²) in [4.78, 5) is 184. The molecule has 0 amide bonds. The Hall–Kier alpha value is -9.61. The zero-order valence-corrected chi connectivity index (χ0v) is 67.4. The van der Waals surface area contributed by atoms with Gasteiger partial charge >= 0.3 is 50.5 Å². The highest BCUT2D eigenvalue weighted by Gasteiger charge is 2.52. The molecule has 23 atom stereocenters. The van der Waals surface area contributed by atoms with Crippen LogP contribution >= 0.6 is 39.1 Å². The summed E-state index contributed by atoms with van der Waals surface area (Å²) >= 11 is 0. The van der Waals surface area contributed by atoms with E-state index in [1.165, 1.54) is 41.0 Å². The van der Waals surface area contributed by atoms with E-state index in [1.54, 1.807) is 0 Å². The largest absolute Gasteiger partial charge is 0.472 e. The average molecular weight is 1830 g/mol. The Morgan fingerprint density at radius 1 is 0.415 bits per heavy atom. The number of nitrogen functional groups attached to an aromatic ring is 5. The van der Waals surface area contributed by atoms with Gasteiger partial charge in [0.05, 0.1) is 71.1 Å². The number of H-pyrrole nitrogens is 4. The first kappa shape index (κ1) is 86.9. The van der Waals surface area contributed by atoms with E-state index in [9.17, 15) is 86.3 Å². The minimum Gasteiger partial charge on any atom is -0.394 e. The number of hydrogen-bond acceptors (Lipinski definition) is 44. The van der Waals surface area contributed by atoms with E-state index in [0.717, 1.165) is 43.4 Å². The summed E-state index contributed by atoms with van der Waals surface area (Å²) in [6.07, 6.45) is -21.6. The minimum atomic E-state index is -5.67. The van der Waals surface area contributed by atoms with E-state index >= 15 is 0 Å². The first-order valence-corrected chi connectivity index (χ1v) is 44.0. The van der Waals surface area contributed by atoms with Crippen LogP contribution < -0.4 is 62.3 Å². The maximum absolute atomic E-state index is 14.6. The topological polar surface area (TPSA) is 829 Å². The predicted molar refractivity (Wildman–Crippen MR) is 404 cm³/mol. The summed E-state index contributed by atoms with van der Waals surface area (Å²) in [5.41, 5.74) is 23.5. The summed E-state index contributed by atoms with van der Waals surface area (Å²) in [5.74, 6) is -1.31. The molecule has 0 bridgehead atoms. The number of phosphoric ester groups is 5. The van der Waals surface area contributed by atoms with Gasteiger partial charge in [0.2, 0.25) is 17.8 Å². The zero-order valence-electron chi connectivity index (χ0n) is 62.9. The van der Waals surface area contributed by atoms with Gasteiger partial charge in [-0.1, -0.05) is 0 Å². The number of nitrogens with two attached hydrogens (primary N) is 5. The van der Waals surface area contributed by atoms with Crippen LogP contribution in [0.15, 0.2) is 78.9 Å². The summed E-state index contributed by atoms with van der Waals surface area (Å²) in [5, 5.41) is 21.2. The lowest BCUT2D eigenvalue weighted by molar-refractivity contribution is -0.0643. The molecule has 6 saturated heterocycles. The molecule has 123 heavy (non-hydrogen) atoms. The molecule has 0 aliphatic carbocycles. The summed E-state index contributed by atoms with van der Waals surface area (Å²) < 4.78 is 170. The van der Waals surface area contributed by atoms with Crippen LogP contribution in [0.3, 0.4) is 0 Å². The molecule has 16 rings (SSSR count). The van der Waals surface area contributed by atoms with Crippen LogP contribution in [0, 0.1) is 6.92 Å². The minimum absolute atomic E-state index is 0.0630. The summed E-state index contributed by atoms with van der Waals surface area (Å²) in [7, 11) is -27.5. The fourth-order valence-corrected chi connectivity index (χ4v) is 19.3. The lowest BCUT2D eigenvalue weighted by Gasteiger charge is -2.26. The molecule has 0 spiro atoms. The number of anilines is 5. The van der Waals surface area contributed by atoms with Crippen molar-refractivity contribution >= 4 is 113 Å². The third-order valence-electron chi connectivity index (χ3n) is 20.2. The standard InChI is InChI=1S/C59H74N25O34P5/c1-22-10-80(59(92)78-51(22)87)38-5-24(29(11-85)108-38)114-120(95,96)104-14-32-26(7-39(111-32)82-19-68-43-48(82)72-55(62)75-52(43)88)117-122(99,100)106-16-34-28(9-41(113-34)84-21-70-45-50(84)74-57(64)77-54(45)90)118-123(101,102)107-15-33-27(8-40(112-33)83-20-69-44-49(83)73-56(63)76-53(44)89)116-121(97,98)105-13-31-25(6-37(110-31)79-3-2-35(60)71-58(79)91)115-119(93,94)103-12-30-23(86)4-36(109-30)81-18-67-42-46(61)65-17-66-47(42)81/h2-3,10,17-21,23-34,36-41,85-86H,4-9,11-16H2,1H3,(H,93,94)(H,95,96)(H,97,98)(H,99,100)(H,101,102)(H2,60,71,91)(H2,61,65,66)(H,78,87,92)(H3,62,72,75,88)(H3,63,73,76,89)(H3,64,74,77,90)/t23-,24-,25-,26-,27-,28-,29+,30+,31+,32+,33+,34+,36+,37+,38+,39+,40+,41+/m0/s1. The number of aromatic nitrogens is 20. The monoisotopic (exact) mass is 1830 g/mol. The first-order chi connectivity index (χ1) is 58.3. The van der Waals surface area contributed by atoms with Crippen LogP contribution in [0.25, 0.3) is 44.7 Å². The van der Waals surface area contributed by atoms with Crippen LogP contribution in [0.2, 0.25) is 0 Å². The van der Waals surface area contributed by atoms with Gasteiger partial charge in [-0.2, -0.15) is 19.9 Å². The molecule has 10 aromatic heterocycles. The maximum Gasteiger partial charge on any atom is 0.472 e. The quantitative estimate of drug-likeness (QED) is 0.0185. The van der Waals surface area contributed by atoms with Crippen LogP contribution in [-0.4, -0.2) is 245 Å². The number of fused-ring (bicyclic) bond motifs is 4. The molecule has 21 N–H and O–H groups in total. The van der Waals surface area contributed by atoms with Gasteiger partial charge in [0.25, 0.3) is 22.2 Å². The molecule has 664 valence electrons. The lowest BCUT2D eigenvalue weighted by atomic mass is 10.2. The predicted octanol–water partition coefficient (Wildman–Crippen LogP) is -3.16. The van der Waals surface area contributed by atoms with Crippen molar-refractivity contribution in [1.29, 1.82) is 0 Å². The Kier molecular flexibility index (Phi) is 24.0. The number of aryl methyl sites for hydroxylation is 1. The second-order valence-corrected chi connectivity index (χ2v) is 35.4. The maximum atomic E-state index is 14.6. The number of aliphatic hydroxyl groups is 2. The number of hydrogen-bond donors (Lipinski definition) is 16. The van der Waals surface area contributed by atoms with E-state index in [-0.39, 0.29) is 80.6 Å². The number of phosphoric acid groups is 5. The number of imidazole rings is 4. The summed E-state index contributed by atoms with van der Waals surface area (Å²) in [6.45, 7) is -4.55. The first-order valence-electron chi connectivity index (χ1n) is 36.6. The van der Waals surface area contributed by atoms with Crippen molar-refractivity contribution in [1.82, 2.24) is 97.2 Å². The molecule has 10 aromatic rings. The van der Waals surface area contributed by atoms with Gasteiger partial charge < -0.3 is 91.8 Å². The Balaban J connectivity index is 0.617. The van der Waals surface area contributed by atoms with Gasteiger partial charge in [0, 0.05) is 56.5 Å². The van der Waals surface area contributed by atoms with Crippen molar-refractivity contribution in [2.24, 2.45) is 0 Å². The highest BCUT2D eigenvalue weighted by molar-refractivity contribution is 7.48. The average Bonchev–Trinajstić information content (AvgIpc) is 1.63. The Morgan fingerprint density at radius 2 is 0.748 bits per heavy atom. The highest BCUT2D eigenvalue weighted by Crippen LogP contribution is 2.57. The fraction of sp³-hybridized carbons (Fsp3) is 0.525. The second-order valence-electron chi connectivity index (χ2n) is 28.4. The van der Waals surface area contributed by atoms with Gasteiger partial charge in [0.1, 0.15) is 122 Å². The second kappa shape index (κ2) is 34.0.